The summed E-state index contributed by atoms with van der Waals surface area (Å²) in [5.74, 6) is -0.278. The summed E-state index contributed by atoms with van der Waals surface area (Å²) in [6.45, 7) is 1.74. The van der Waals surface area contributed by atoms with E-state index < -0.39 is 11.7 Å². The fraction of sp³-hybridized carbons (Fsp3) is 0.100. The van der Waals surface area contributed by atoms with Crippen molar-refractivity contribution in [2.24, 2.45) is 0 Å². The highest BCUT2D eigenvalue weighted by Gasteiger charge is 2.30. The largest absolute Gasteiger partial charge is 0.416 e. The third kappa shape index (κ3) is 4.08. The summed E-state index contributed by atoms with van der Waals surface area (Å²) in [5.41, 5.74) is 1.10. The van der Waals surface area contributed by atoms with Crippen LogP contribution in [0.2, 0.25) is 0 Å². The number of halogens is 3. The number of rotatable bonds is 4. The molecule has 0 atom stereocenters. The van der Waals surface area contributed by atoms with Gasteiger partial charge in [-0.3, -0.25) is 4.79 Å². The van der Waals surface area contributed by atoms with E-state index in [1.807, 2.05) is 30.3 Å². The third-order valence-electron chi connectivity index (χ3n) is 3.68. The van der Waals surface area contributed by atoms with Crippen LogP contribution in [0.4, 0.5) is 13.2 Å². The van der Waals surface area contributed by atoms with Crippen molar-refractivity contribution in [3.8, 4) is 10.6 Å². The molecular formula is C20H14F3NOS. The zero-order valence-electron chi connectivity index (χ0n) is 13.7. The normalized spacial score (nSPS) is 11.8. The lowest BCUT2D eigenvalue weighted by Gasteiger charge is -2.06. The molecule has 2 aromatic carbocycles. The smallest absolute Gasteiger partial charge is 0.288 e. The maximum absolute atomic E-state index is 12.8. The Morgan fingerprint density at radius 1 is 1.08 bits per heavy atom. The van der Waals surface area contributed by atoms with Gasteiger partial charge in [-0.1, -0.05) is 48.5 Å². The second-order valence-corrected chi connectivity index (χ2v) is 6.62. The summed E-state index contributed by atoms with van der Waals surface area (Å²) in [7, 11) is 0. The summed E-state index contributed by atoms with van der Waals surface area (Å²) < 4.78 is 38.3. The lowest BCUT2D eigenvalue weighted by atomic mass is 10.1. The van der Waals surface area contributed by atoms with Gasteiger partial charge in [0, 0.05) is 5.56 Å². The fourth-order valence-electron chi connectivity index (χ4n) is 2.40. The molecule has 6 heteroatoms. The van der Waals surface area contributed by atoms with Gasteiger partial charge in [0.1, 0.15) is 5.01 Å². The Morgan fingerprint density at radius 3 is 2.50 bits per heavy atom. The Balaban J connectivity index is 1.83. The molecular weight excluding hydrogens is 359 g/mol. The molecule has 0 aliphatic carbocycles. The molecule has 0 bridgehead atoms. The fourth-order valence-corrected chi connectivity index (χ4v) is 3.39. The van der Waals surface area contributed by atoms with Crippen LogP contribution in [0.3, 0.4) is 0 Å². The molecule has 1 aromatic heterocycles. The Bertz CT molecular complexity index is 959. The van der Waals surface area contributed by atoms with Crippen molar-refractivity contribution in [3.05, 3.63) is 82.4 Å². The number of hydrogen-bond acceptors (Lipinski definition) is 3. The van der Waals surface area contributed by atoms with E-state index >= 15 is 0 Å². The van der Waals surface area contributed by atoms with Crippen molar-refractivity contribution in [3.63, 3.8) is 0 Å². The third-order valence-corrected chi connectivity index (χ3v) is 4.90. The average Bonchev–Trinajstić information content (AvgIpc) is 3.02. The molecule has 0 N–H and O–H groups in total. The average molecular weight is 373 g/mol. The first-order valence-electron chi connectivity index (χ1n) is 7.77. The molecule has 0 aliphatic heterocycles. The highest BCUT2D eigenvalue weighted by molar-refractivity contribution is 7.17. The molecule has 2 nitrogen and oxygen atoms in total. The zero-order chi connectivity index (χ0) is 18.7. The molecule has 0 spiro atoms. The van der Waals surface area contributed by atoms with Gasteiger partial charge in [0.25, 0.3) is 0 Å². The van der Waals surface area contributed by atoms with E-state index in [1.165, 1.54) is 35.6 Å². The number of nitrogens with zero attached hydrogens (tertiary/aromatic N) is 1. The van der Waals surface area contributed by atoms with Gasteiger partial charge in [0.05, 0.1) is 16.1 Å². The van der Waals surface area contributed by atoms with E-state index in [1.54, 1.807) is 6.92 Å². The highest BCUT2D eigenvalue weighted by atomic mass is 32.1. The first kappa shape index (κ1) is 18.1. The molecule has 0 unspecified atom stereocenters. The van der Waals surface area contributed by atoms with Gasteiger partial charge in [-0.05, 0) is 30.7 Å². The van der Waals surface area contributed by atoms with Gasteiger partial charge in [0.15, 0.2) is 5.78 Å². The van der Waals surface area contributed by atoms with E-state index in [4.69, 9.17) is 0 Å². The minimum Gasteiger partial charge on any atom is -0.288 e. The number of allylic oxidation sites excluding steroid dienone is 1. The molecule has 3 rings (SSSR count). The van der Waals surface area contributed by atoms with Crippen molar-refractivity contribution < 1.29 is 18.0 Å². The number of alkyl halides is 3. The summed E-state index contributed by atoms with van der Waals surface area (Å²) in [5, 5.41) is 0.735. The summed E-state index contributed by atoms with van der Waals surface area (Å²) in [6.07, 6.45) is -1.74. The number of aromatic nitrogens is 1. The molecule has 1 heterocycles. The van der Waals surface area contributed by atoms with Crippen molar-refractivity contribution >= 4 is 23.2 Å². The molecule has 0 fully saturated rings. The lowest BCUT2D eigenvalue weighted by molar-refractivity contribution is -0.137. The van der Waals surface area contributed by atoms with Crippen LogP contribution >= 0.6 is 11.3 Å². The molecule has 3 aromatic rings. The van der Waals surface area contributed by atoms with Gasteiger partial charge >= 0.3 is 6.18 Å². The van der Waals surface area contributed by atoms with Crippen LogP contribution in [0.5, 0.6) is 0 Å². The Morgan fingerprint density at radius 2 is 1.81 bits per heavy atom. The quantitative estimate of drug-likeness (QED) is 0.413. The second kappa shape index (κ2) is 7.25. The Labute approximate surface area is 152 Å². The first-order chi connectivity index (χ1) is 12.3. The monoisotopic (exact) mass is 373 g/mol. The van der Waals surface area contributed by atoms with Crippen LogP contribution in [-0.4, -0.2) is 10.8 Å². The van der Waals surface area contributed by atoms with E-state index in [0.717, 1.165) is 22.7 Å². The predicted molar refractivity (Wildman–Crippen MR) is 97.1 cm³/mol. The van der Waals surface area contributed by atoms with Crippen LogP contribution in [0.15, 0.2) is 60.7 Å². The van der Waals surface area contributed by atoms with E-state index in [9.17, 15) is 18.0 Å². The standard InChI is InChI=1S/C20H14F3NOS/c1-13-18(26-19(24-13)15-7-3-2-4-8-15)17(25)11-10-14-6-5-9-16(12-14)20(21,22)23/h2-12H,1H3. The van der Waals surface area contributed by atoms with Crippen LogP contribution in [0.1, 0.15) is 26.5 Å². The van der Waals surface area contributed by atoms with Crippen LogP contribution < -0.4 is 0 Å². The number of carbonyl (C=O) groups excluding carboxylic acids is 1. The molecule has 0 saturated heterocycles. The van der Waals surface area contributed by atoms with E-state index in [2.05, 4.69) is 4.98 Å². The Hall–Kier alpha value is -2.73. The number of aryl methyl sites for hydroxylation is 1. The lowest BCUT2D eigenvalue weighted by Crippen LogP contribution is -2.04. The minimum absolute atomic E-state index is 0.278. The predicted octanol–water partition coefficient (Wildman–Crippen LogP) is 6.03. The van der Waals surface area contributed by atoms with Crippen molar-refractivity contribution in [1.29, 1.82) is 0 Å². The highest BCUT2D eigenvalue weighted by Crippen LogP contribution is 2.30. The number of ketones is 1. The van der Waals surface area contributed by atoms with E-state index in [-0.39, 0.29) is 5.78 Å². The molecule has 0 amide bonds. The topological polar surface area (TPSA) is 30.0 Å². The van der Waals surface area contributed by atoms with Crippen molar-refractivity contribution in [2.75, 3.05) is 0 Å². The van der Waals surface area contributed by atoms with Gasteiger partial charge in [0.2, 0.25) is 0 Å². The van der Waals surface area contributed by atoms with Crippen molar-refractivity contribution in [2.45, 2.75) is 13.1 Å². The molecule has 0 radical (unpaired) electrons. The molecule has 26 heavy (non-hydrogen) atoms. The maximum atomic E-state index is 12.8. The van der Waals surface area contributed by atoms with Crippen molar-refractivity contribution in [1.82, 2.24) is 4.98 Å². The Kier molecular flexibility index (Phi) is 5.04. The molecule has 0 saturated carbocycles. The van der Waals surface area contributed by atoms with E-state index in [0.29, 0.717) is 16.1 Å². The number of benzene rings is 2. The second-order valence-electron chi connectivity index (χ2n) is 5.62. The SMILES string of the molecule is Cc1nc(-c2ccccc2)sc1C(=O)C=Cc1cccc(C(F)(F)F)c1. The first-order valence-corrected chi connectivity index (χ1v) is 8.59. The number of carbonyl (C=O) groups is 1. The molecule has 0 aliphatic rings. The van der Waals surface area contributed by atoms with Gasteiger partial charge in [-0.2, -0.15) is 13.2 Å². The van der Waals surface area contributed by atoms with Crippen LogP contribution in [0.25, 0.3) is 16.6 Å². The molecule has 132 valence electrons. The summed E-state index contributed by atoms with van der Waals surface area (Å²) in [6, 6.07) is 14.3. The number of thiazole rings is 1. The van der Waals surface area contributed by atoms with Crippen LogP contribution in [-0.2, 0) is 6.18 Å². The maximum Gasteiger partial charge on any atom is 0.416 e. The zero-order valence-corrected chi connectivity index (χ0v) is 14.6. The minimum atomic E-state index is -4.41. The summed E-state index contributed by atoms with van der Waals surface area (Å²) in [4.78, 5) is 17.3. The van der Waals surface area contributed by atoms with Crippen LogP contribution in [0, 0.1) is 6.92 Å². The van der Waals surface area contributed by atoms with Gasteiger partial charge in [-0.15, -0.1) is 11.3 Å². The van der Waals surface area contributed by atoms with Gasteiger partial charge < -0.3 is 0 Å². The number of hydrogen-bond donors (Lipinski definition) is 0. The summed E-state index contributed by atoms with van der Waals surface area (Å²) >= 11 is 1.27. The van der Waals surface area contributed by atoms with Gasteiger partial charge in [-0.25, -0.2) is 4.98 Å².